The van der Waals surface area contributed by atoms with Crippen molar-refractivity contribution in [3.8, 4) is 0 Å². The fraction of sp³-hybridized carbons (Fsp3) is 0.455. The highest BCUT2D eigenvalue weighted by molar-refractivity contribution is 6.31. The van der Waals surface area contributed by atoms with Crippen LogP contribution in [0.5, 0.6) is 0 Å². The Kier molecular flexibility index (Phi) is 3.01. The van der Waals surface area contributed by atoms with E-state index in [-0.39, 0.29) is 10.6 Å². The minimum absolute atomic E-state index is 0.105. The Bertz CT molecular complexity index is 430. The SMILES string of the molecule is Cc1cc([N+](=O)[O-])c(NC2CCC2)cc1Cl. The van der Waals surface area contributed by atoms with Gasteiger partial charge in [0.25, 0.3) is 5.69 Å². The molecule has 1 saturated carbocycles. The van der Waals surface area contributed by atoms with E-state index in [9.17, 15) is 10.1 Å². The third-order valence-electron chi connectivity index (χ3n) is 2.94. The van der Waals surface area contributed by atoms with E-state index in [4.69, 9.17) is 11.6 Å². The van der Waals surface area contributed by atoms with Gasteiger partial charge in [-0.1, -0.05) is 11.6 Å². The molecule has 0 bridgehead atoms. The first-order chi connectivity index (χ1) is 7.58. The van der Waals surface area contributed by atoms with Gasteiger partial charge in [0.05, 0.1) is 4.92 Å². The van der Waals surface area contributed by atoms with Gasteiger partial charge in [-0.3, -0.25) is 10.1 Å². The molecule has 16 heavy (non-hydrogen) atoms. The van der Waals surface area contributed by atoms with E-state index >= 15 is 0 Å². The lowest BCUT2D eigenvalue weighted by Gasteiger charge is -2.27. The molecule has 1 aromatic carbocycles. The maximum atomic E-state index is 10.9. The summed E-state index contributed by atoms with van der Waals surface area (Å²) in [6.07, 6.45) is 3.33. The van der Waals surface area contributed by atoms with Crippen LogP contribution in [0.3, 0.4) is 0 Å². The minimum Gasteiger partial charge on any atom is -0.377 e. The molecule has 0 saturated heterocycles. The largest absolute Gasteiger partial charge is 0.377 e. The first-order valence-electron chi connectivity index (χ1n) is 5.29. The van der Waals surface area contributed by atoms with Crippen molar-refractivity contribution in [2.75, 3.05) is 5.32 Å². The van der Waals surface area contributed by atoms with Crippen LogP contribution in [-0.2, 0) is 0 Å². The zero-order chi connectivity index (χ0) is 11.7. The number of nitro benzene ring substituents is 1. The number of benzene rings is 1. The molecule has 2 rings (SSSR count). The molecule has 1 N–H and O–H groups in total. The Labute approximate surface area is 98.8 Å². The fourth-order valence-corrected chi connectivity index (χ4v) is 1.87. The second-order valence-corrected chi connectivity index (χ2v) is 4.56. The van der Waals surface area contributed by atoms with Crippen molar-refractivity contribution in [3.05, 3.63) is 32.8 Å². The summed E-state index contributed by atoms with van der Waals surface area (Å²) in [4.78, 5) is 10.5. The normalized spacial score (nSPS) is 15.6. The van der Waals surface area contributed by atoms with Gasteiger partial charge >= 0.3 is 0 Å². The topological polar surface area (TPSA) is 55.2 Å². The maximum absolute atomic E-state index is 10.9. The van der Waals surface area contributed by atoms with Crippen molar-refractivity contribution in [3.63, 3.8) is 0 Å². The molecule has 0 atom stereocenters. The number of nitrogens with one attached hydrogen (secondary N) is 1. The Morgan fingerprint density at radius 2 is 2.19 bits per heavy atom. The number of hydrogen-bond donors (Lipinski definition) is 1. The van der Waals surface area contributed by atoms with Crippen LogP contribution >= 0.6 is 11.6 Å². The molecule has 0 heterocycles. The average Bonchev–Trinajstić information content (AvgIpc) is 2.16. The number of halogens is 1. The zero-order valence-electron chi connectivity index (χ0n) is 9.00. The highest BCUT2D eigenvalue weighted by Crippen LogP contribution is 2.33. The van der Waals surface area contributed by atoms with Crippen molar-refractivity contribution in [1.82, 2.24) is 0 Å². The first-order valence-corrected chi connectivity index (χ1v) is 5.67. The third-order valence-corrected chi connectivity index (χ3v) is 3.35. The summed E-state index contributed by atoms with van der Waals surface area (Å²) in [6, 6.07) is 3.52. The van der Waals surface area contributed by atoms with Gasteiger partial charge in [-0.2, -0.15) is 0 Å². The van der Waals surface area contributed by atoms with Crippen LogP contribution in [0.2, 0.25) is 5.02 Å². The predicted molar refractivity (Wildman–Crippen MR) is 64.1 cm³/mol. The highest BCUT2D eigenvalue weighted by atomic mass is 35.5. The quantitative estimate of drug-likeness (QED) is 0.650. The van der Waals surface area contributed by atoms with Gasteiger partial charge in [0, 0.05) is 17.1 Å². The van der Waals surface area contributed by atoms with Gasteiger partial charge < -0.3 is 5.32 Å². The van der Waals surface area contributed by atoms with Crippen LogP contribution in [0.15, 0.2) is 12.1 Å². The molecule has 0 aliphatic heterocycles. The Hall–Kier alpha value is -1.29. The lowest BCUT2D eigenvalue weighted by atomic mass is 9.93. The van der Waals surface area contributed by atoms with Crippen LogP contribution in [-0.4, -0.2) is 11.0 Å². The first kappa shape index (κ1) is 11.2. The highest BCUT2D eigenvalue weighted by Gasteiger charge is 2.22. The molecule has 0 unspecified atom stereocenters. The predicted octanol–water partition coefficient (Wildman–Crippen LogP) is 3.52. The van der Waals surface area contributed by atoms with Crippen molar-refractivity contribution < 1.29 is 4.92 Å². The molecule has 0 amide bonds. The lowest BCUT2D eigenvalue weighted by Crippen LogP contribution is -2.27. The molecule has 0 spiro atoms. The van der Waals surface area contributed by atoms with E-state index in [1.54, 1.807) is 13.0 Å². The standard InChI is InChI=1S/C11H13ClN2O2/c1-7-5-11(14(15)16)10(6-9(7)12)13-8-3-2-4-8/h5-6,8,13H,2-4H2,1H3. The molecule has 86 valence electrons. The van der Waals surface area contributed by atoms with E-state index in [1.807, 2.05) is 0 Å². The lowest BCUT2D eigenvalue weighted by molar-refractivity contribution is -0.384. The van der Waals surface area contributed by atoms with Gasteiger partial charge in [0.2, 0.25) is 0 Å². The van der Waals surface area contributed by atoms with Gasteiger partial charge in [-0.05, 0) is 37.8 Å². The molecular formula is C11H13ClN2O2. The zero-order valence-corrected chi connectivity index (χ0v) is 9.75. The second-order valence-electron chi connectivity index (χ2n) is 4.15. The molecule has 1 aromatic rings. The van der Waals surface area contributed by atoms with Gasteiger partial charge in [-0.15, -0.1) is 0 Å². The number of rotatable bonds is 3. The fourth-order valence-electron chi connectivity index (χ4n) is 1.71. The van der Waals surface area contributed by atoms with Crippen LogP contribution in [0.25, 0.3) is 0 Å². The van der Waals surface area contributed by atoms with Crippen molar-refractivity contribution in [2.24, 2.45) is 0 Å². The van der Waals surface area contributed by atoms with E-state index in [0.29, 0.717) is 16.8 Å². The van der Waals surface area contributed by atoms with E-state index in [2.05, 4.69) is 5.32 Å². The summed E-state index contributed by atoms with van der Waals surface area (Å²) in [6.45, 7) is 1.77. The summed E-state index contributed by atoms with van der Waals surface area (Å²) < 4.78 is 0. The number of nitro groups is 1. The summed E-state index contributed by atoms with van der Waals surface area (Å²) >= 11 is 5.97. The van der Waals surface area contributed by atoms with Crippen molar-refractivity contribution >= 4 is 23.0 Å². The number of nitrogens with zero attached hydrogens (tertiary/aromatic N) is 1. The van der Waals surface area contributed by atoms with Gasteiger partial charge in [-0.25, -0.2) is 0 Å². The van der Waals surface area contributed by atoms with E-state index in [0.717, 1.165) is 18.4 Å². The summed E-state index contributed by atoms with van der Waals surface area (Å²) in [5.74, 6) is 0. The number of anilines is 1. The molecule has 4 nitrogen and oxygen atoms in total. The van der Waals surface area contributed by atoms with E-state index < -0.39 is 0 Å². The van der Waals surface area contributed by atoms with Crippen molar-refractivity contribution in [2.45, 2.75) is 32.2 Å². The van der Waals surface area contributed by atoms with Gasteiger partial charge in [0.15, 0.2) is 0 Å². The molecular weight excluding hydrogens is 228 g/mol. The molecule has 1 aliphatic rings. The molecule has 1 fully saturated rings. The monoisotopic (exact) mass is 240 g/mol. The Morgan fingerprint density at radius 1 is 1.50 bits per heavy atom. The van der Waals surface area contributed by atoms with Crippen LogP contribution in [0.1, 0.15) is 24.8 Å². The van der Waals surface area contributed by atoms with Crippen molar-refractivity contribution in [1.29, 1.82) is 0 Å². The average molecular weight is 241 g/mol. The smallest absolute Gasteiger partial charge is 0.292 e. The molecule has 5 heteroatoms. The number of hydrogen-bond acceptors (Lipinski definition) is 3. The molecule has 0 aromatic heterocycles. The Morgan fingerprint density at radius 3 is 2.69 bits per heavy atom. The number of aryl methyl sites for hydroxylation is 1. The van der Waals surface area contributed by atoms with Crippen LogP contribution in [0.4, 0.5) is 11.4 Å². The third kappa shape index (κ3) is 2.11. The second kappa shape index (κ2) is 4.29. The maximum Gasteiger partial charge on any atom is 0.292 e. The molecule has 1 aliphatic carbocycles. The van der Waals surface area contributed by atoms with E-state index in [1.165, 1.54) is 12.5 Å². The summed E-state index contributed by atoms with van der Waals surface area (Å²) in [7, 11) is 0. The van der Waals surface area contributed by atoms with Gasteiger partial charge in [0.1, 0.15) is 5.69 Å². The van der Waals surface area contributed by atoms with Crippen LogP contribution in [0, 0.1) is 17.0 Å². The summed E-state index contributed by atoms with van der Waals surface area (Å²) in [5.41, 5.74) is 1.37. The minimum atomic E-state index is -0.371. The summed E-state index contributed by atoms with van der Waals surface area (Å²) in [5, 5.41) is 14.6. The van der Waals surface area contributed by atoms with Crippen LogP contribution < -0.4 is 5.32 Å². The molecule has 0 radical (unpaired) electrons. The Balaban J connectivity index is 2.32.